The number of hydrogen-bond acceptors (Lipinski definition) is 3. The number of rotatable bonds is 5. The lowest BCUT2D eigenvalue weighted by Crippen LogP contribution is -2.38. The zero-order chi connectivity index (χ0) is 13.5. The molecule has 0 heterocycles. The molecule has 3 N–H and O–H groups in total. The van der Waals surface area contributed by atoms with Crippen molar-refractivity contribution in [3.8, 4) is 0 Å². The van der Waals surface area contributed by atoms with Gasteiger partial charge >= 0.3 is 0 Å². The number of benzene rings is 1. The van der Waals surface area contributed by atoms with Gasteiger partial charge in [0.05, 0.1) is 6.04 Å². The normalized spacial score (nSPS) is 17.7. The number of thioether (sulfide) groups is 1. The predicted octanol–water partition coefficient (Wildman–Crippen LogP) is 4.26. The Hall–Kier alpha value is -0.290. The minimum Gasteiger partial charge on any atom is -0.271 e. The summed E-state index contributed by atoms with van der Waals surface area (Å²) in [7, 11) is 0. The van der Waals surface area contributed by atoms with Crippen LogP contribution in [0, 0.1) is 0 Å². The largest absolute Gasteiger partial charge is 0.271 e. The van der Waals surface area contributed by atoms with Gasteiger partial charge in [0.25, 0.3) is 0 Å². The SMILES string of the molecule is NNC(CSc1cccc(Br)c1)C1=CCCCCC1. The molecule has 2 rings (SSSR count). The lowest BCUT2D eigenvalue weighted by atomic mass is 10.0. The number of hydrazine groups is 1. The molecule has 4 heteroatoms. The molecule has 19 heavy (non-hydrogen) atoms. The van der Waals surface area contributed by atoms with Gasteiger partial charge in [-0.1, -0.05) is 40.1 Å². The fourth-order valence-corrected chi connectivity index (χ4v) is 3.96. The topological polar surface area (TPSA) is 38.0 Å². The maximum absolute atomic E-state index is 5.74. The molecule has 1 atom stereocenters. The molecule has 1 aromatic rings. The Morgan fingerprint density at radius 2 is 2.21 bits per heavy atom. The van der Waals surface area contributed by atoms with Gasteiger partial charge in [-0.3, -0.25) is 11.3 Å². The van der Waals surface area contributed by atoms with Gasteiger partial charge in [0, 0.05) is 15.1 Å². The minimum absolute atomic E-state index is 0.294. The smallest absolute Gasteiger partial charge is 0.0513 e. The maximum atomic E-state index is 5.74. The van der Waals surface area contributed by atoms with Crippen LogP contribution >= 0.6 is 27.7 Å². The first kappa shape index (κ1) is 15.1. The average molecular weight is 341 g/mol. The number of nitrogens with one attached hydrogen (secondary N) is 1. The highest BCUT2D eigenvalue weighted by atomic mass is 79.9. The van der Waals surface area contributed by atoms with Crippen molar-refractivity contribution in [1.82, 2.24) is 5.43 Å². The molecular weight excluding hydrogens is 320 g/mol. The third kappa shape index (κ3) is 4.95. The summed E-state index contributed by atoms with van der Waals surface area (Å²) in [5.41, 5.74) is 4.47. The molecule has 104 valence electrons. The van der Waals surface area contributed by atoms with Gasteiger partial charge < -0.3 is 0 Å². The van der Waals surface area contributed by atoms with E-state index < -0.39 is 0 Å². The highest BCUT2D eigenvalue weighted by Gasteiger charge is 2.14. The second-order valence-electron chi connectivity index (χ2n) is 4.87. The molecule has 1 aliphatic rings. The number of nitrogens with two attached hydrogens (primary N) is 1. The van der Waals surface area contributed by atoms with Crippen molar-refractivity contribution in [1.29, 1.82) is 0 Å². The molecule has 0 aliphatic heterocycles. The summed E-state index contributed by atoms with van der Waals surface area (Å²) in [4.78, 5) is 1.28. The third-order valence-electron chi connectivity index (χ3n) is 3.44. The molecule has 0 aromatic heterocycles. The van der Waals surface area contributed by atoms with Crippen LogP contribution in [0.15, 0.2) is 45.3 Å². The van der Waals surface area contributed by atoms with Crippen LogP contribution in [0.1, 0.15) is 32.1 Å². The predicted molar refractivity (Wildman–Crippen MR) is 87.1 cm³/mol. The van der Waals surface area contributed by atoms with E-state index in [0.29, 0.717) is 6.04 Å². The summed E-state index contributed by atoms with van der Waals surface area (Å²) in [6.07, 6.45) is 8.74. The van der Waals surface area contributed by atoms with Crippen molar-refractivity contribution in [2.75, 3.05) is 5.75 Å². The Balaban J connectivity index is 1.93. The van der Waals surface area contributed by atoms with Gasteiger partial charge in [0.1, 0.15) is 0 Å². The molecule has 2 nitrogen and oxygen atoms in total. The molecule has 1 unspecified atom stereocenters. The van der Waals surface area contributed by atoms with Gasteiger partial charge in [-0.2, -0.15) is 0 Å². The molecule has 0 fully saturated rings. The maximum Gasteiger partial charge on any atom is 0.0513 e. The molecule has 0 amide bonds. The Morgan fingerprint density at radius 3 is 3.00 bits per heavy atom. The molecule has 1 aromatic carbocycles. The van der Waals surface area contributed by atoms with E-state index in [9.17, 15) is 0 Å². The molecular formula is C15H21BrN2S. The fraction of sp³-hybridized carbons (Fsp3) is 0.467. The van der Waals surface area contributed by atoms with Crippen LogP contribution in [0.3, 0.4) is 0 Å². The van der Waals surface area contributed by atoms with E-state index in [0.717, 1.165) is 10.2 Å². The standard InChI is InChI=1S/C15H21BrN2S/c16-13-8-5-9-14(10-13)19-11-15(18-17)12-6-3-1-2-4-7-12/h5-6,8-10,15,18H,1-4,7,11,17H2. The van der Waals surface area contributed by atoms with E-state index in [1.54, 1.807) is 0 Å². The van der Waals surface area contributed by atoms with Crippen LogP contribution in [0.25, 0.3) is 0 Å². The Morgan fingerprint density at radius 1 is 1.32 bits per heavy atom. The van der Waals surface area contributed by atoms with E-state index in [1.165, 1.54) is 42.6 Å². The van der Waals surface area contributed by atoms with E-state index >= 15 is 0 Å². The summed E-state index contributed by atoms with van der Waals surface area (Å²) in [6.45, 7) is 0. The van der Waals surface area contributed by atoms with Crippen LogP contribution in [-0.4, -0.2) is 11.8 Å². The number of hydrogen-bond donors (Lipinski definition) is 2. The van der Waals surface area contributed by atoms with Crippen LogP contribution in [0.5, 0.6) is 0 Å². The van der Waals surface area contributed by atoms with Gasteiger partial charge in [-0.05, 0) is 43.9 Å². The monoisotopic (exact) mass is 340 g/mol. The highest BCUT2D eigenvalue weighted by molar-refractivity contribution is 9.10. The molecule has 0 saturated carbocycles. The highest BCUT2D eigenvalue weighted by Crippen LogP contribution is 2.26. The van der Waals surface area contributed by atoms with Gasteiger partial charge in [-0.15, -0.1) is 11.8 Å². The minimum atomic E-state index is 0.294. The van der Waals surface area contributed by atoms with Crippen LogP contribution < -0.4 is 11.3 Å². The first-order chi connectivity index (χ1) is 9.29. The lowest BCUT2D eigenvalue weighted by molar-refractivity contribution is 0.611. The summed E-state index contributed by atoms with van der Waals surface area (Å²) >= 11 is 5.36. The zero-order valence-electron chi connectivity index (χ0n) is 11.1. The van der Waals surface area contributed by atoms with Gasteiger partial charge in [0.15, 0.2) is 0 Å². The molecule has 0 bridgehead atoms. The van der Waals surface area contributed by atoms with Crippen molar-refractivity contribution in [3.63, 3.8) is 0 Å². The summed E-state index contributed by atoms with van der Waals surface area (Å²) < 4.78 is 1.13. The quantitative estimate of drug-likeness (QED) is 0.364. The number of allylic oxidation sites excluding steroid dienone is 1. The summed E-state index contributed by atoms with van der Waals surface area (Å²) in [5.74, 6) is 6.72. The molecule has 0 radical (unpaired) electrons. The Bertz CT molecular complexity index is 434. The third-order valence-corrected chi connectivity index (χ3v) is 5.02. The van der Waals surface area contributed by atoms with Crippen molar-refractivity contribution < 1.29 is 0 Å². The van der Waals surface area contributed by atoms with Crippen LogP contribution in [0.2, 0.25) is 0 Å². The first-order valence-corrected chi connectivity index (χ1v) is 8.61. The van der Waals surface area contributed by atoms with Crippen molar-refractivity contribution in [2.45, 2.75) is 43.0 Å². The second-order valence-corrected chi connectivity index (χ2v) is 6.88. The average Bonchev–Trinajstić information content (AvgIpc) is 2.69. The van der Waals surface area contributed by atoms with E-state index in [2.05, 4.69) is 51.7 Å². The molecule has 0 spiro atoms. The molecule has 1 aliphatic carbocycles. The lowest BCUT2D eigenvalue weighted by Gasteiger charge is -2.19. The van der Waals surface area contributed by atoms with E-state index in [1.807, 2.05) is 11.8 Å². The Labute approximate surface area is 128 Å². The first-order valence-electron chi connectivity index (χ1n) is 6.83. The van der Waals surface area contributed by atoms with Crippen LogP contribution in [0.4, 0.5) is 0 Å². The zero-order valence-corrected chi connectivity index (χ0v) is 13.5. The van der Waals surface area contributed by atoms with Crippen molar-refractivity contribution >= 4 is 27.7 Å². The van der Waals surface area contributed by atoms with Gasteiger partial charge in [-0.25, -0.2) is 0 Å². The Kier molecular flexibility index (Phi) is 6.44. The summed E-state index contributed by atoms with van der Waals surface area (Å²) in [5, 5.41) is 0. The van der Waals surface area contributed by atoms with Crippen LogP contribution in [-0.2, 0) is 0 Å². The summed E-state index contributed by atoms with van der Waals surface area (Å²) in [6, 6.07) is 8.71. The fourth-order valence-electron chi connectivity index (χ4n) is 2.35. The van der Waals surface area contributed by atoms with E-state index in [4.69, 9.17) is 5.84 Å². The molecule has 0 saturated heterocycles. The van der Waals surface area contributed by atoms with Crippen molar-refractivity contribution in [3.05, 3.63) is 40.4 Å². The van der Waals surface area contributed by atoms with Gasteiger partial charge in [0.2, 0.25) is 0 Å². The van der Waals surface area contributed by atoms with Crippen molar-refractivity contribution in [2.24, 2.45) is 5.84 Å². The second kappa shape index (κ2) is 8.10. The van der Waals surface area contributed by atoms with E-state index in [-0.39, 0.29) is 0 Å². The number of halogens is 1.